The van der Waals surface area contributed by atoms with Crippen molar-refractivity contribution in [1.29, 1.82) is 0 Å². The summed E-state index contributed by atoms with van der Waals surface area (Å²) < 4.78 is 12.7. The van der Waals surface area contributed by atoms with Crippen molar-refractivity contribution in [2.24, 2.45) is 5.92 Å². The van der Waals surface area contributed by atoms with Crippen LogP contribution in [-0.2, 0) is 16.0 Å². The standard InChI is InChI=1S/C41H50N4O6/c1-28-25-45(29(2)27-46)40(48)35-24-33(42-41(49)43-36-19-12-17-32-16-8-9-18-34(32)36)20-21-37(35)51-30(3)13-10-11-22-50-38(28)26-44(4)39(47)23-31-14-6-5-7-15-31/h5-9,12,14-21,24,28-30,38,46H,10-11,13,22-23,25-27H2,1-4H3,(H2,42,43,49)/t28-,29+,30+,38+/m1/s1. The molecule has 51 heavy (non-hydrogen) atoms. The van der Waals surface area contributed by atoms with Gasteiger partial charge in [-0.1, -0.05) is 73.7 Å². The third-order valence-electron chi connectivity index (χ3n) is 9.42. The summed E-state index contributed by atoms with van der Waals surface area (Å²) in [5, 5.41) is 18.0. The molecule has 0 spiro atoms. The maximum absolute atomic E-state index is 14.5. The van der Waals surface area contributed by atoms with Crippen LogP contribution >= 0.6 is 0 Å². The predicted molar refractivity (Wildman–Crippen MR) is 201 cm³/mol. The molecule has 4 atom stereocenters. The zero-order valence-corrected chi connectivity index (χ0v) is 30.0. The van der Waals surface area contributed by atoms with Crippen LogP contribution in [0.15, 0.2) is 91.0 Å². The van der Waals surface area contributed by atoms with E-state index in [1.54, 1.807) is 42.0 Å². The monoisotopic (exact) mass is 694 g/mol. The molecule has 1 aliphatic heterocycles. The van der Waals surface area contributed by atoms with Crippen molar-refractivity contribution in [3.63, 3.8) is 0 Å². The molecule has 270 valence electrons. The second-order valence-corrected chi connectivity index (χ2v) is 13.6. The average molecular weight is 695 g/mol. The molecule has 0 radical (unpaired) electrons. The minimum atomic E-state index is -0.525. The van der Waals surface area contributed by atoms with Crippen LogP contribution in [0.4, 0.5) is 16.2 Å². The summed E-state index contributed by atoms with van der Waals surface area (Å²) in [6, 6.07) is 27.2. The number of aliphatic hydroxyl groups is 1. The maximum atomic E-state index is 14.5. The zero-order chi connectivity index (χ0) is 36.3. The van der Waals surface area contributed by atoms with E-state index in [0.717, 1.165) is 35.6 Å². The highest BCUT2D eigenvalue weighted by Crippen LogP contribution is 2.29. The SMILES string of the molecule is C[C@@H]1CN([C@@H](C)CO)C(=O)c2cc(NC(=O)Nc3cccc4ccccc34)ccc2O[C@@H](C)CCCCO[C@H]1CN(C)C(=O)Cc1ccccc1. The van der Waals surface area contributed by atoms with E-state index in [1.165, 1.54) is 0 Å². The predicted octanol–water partition coefficient (Wildman–Crippen LogP) is 6.98. The molecule has 0 saturated carbocycles. The summed E-state index contributed by atoms with van der Waals surface area (Å²) in [5.41, 5.74) is 2.31. The third kappa shape index (κ3) is 10.1. The van der Waals surface area contributed by atoms with E-state index < -0.39 is 12.1 Å². The van der Waals surface area contributed by atoms with E-state index in [1.807, 2.05) is 86.6 Å². The number of nitrogens with one attached hydrogen (secondary N) is 2. The van der Waals surface area contributed by atoms with Crippen LogP contribution in [-0.4, -0.2) is 84.4 Å². The van der Waals surface area contributed by atoms with Crippen molar-refractivity contribution in [2.45, 2.75) is 64.7 Å². The van der Waals surface area contributed by atoms with Crippen LogP contribution in [0.1, 0.15) is 56.0 Å². The fourth-order valence-corrected chi connectivity index (χ4v) is 6.36. The fourth-order valence-electron chi connectivity index (χ4n) is 6.36. The van der Waals surface area contributed by atoms with Gasteiger partial charge in [0.05, 0.1) is 42.5 Å². The minimum absolute atomic E-state index is 0.0162. The van der Waals surface area contributed by atoms with E-state index in [-0.39, 0.29) is 55.1 Å². The van der Waals surface area contributed by atoms with Gasteiger partial charge >= 0.3 is 6.03 Å². The van der Waals surface area contributed by atoms with Crippen molar-refractivity contribution in [2.75, 3.05) is 44.0 Å². The highest BCUT2D eigenvalue weighted by Gasteiger charge is 2.31. The summed E-state index contributed by atoms with van der Waals surface area (Å²) in [5.74, 6) is -0.133. The Morgan fingerprint density at radius 3 is 2.49 bits per heavy atom. The first-order valence-electron chi connectivity index (χ1n) is 17.8. The Hall–Kier alpha value is -4.93. The third-order valence-corrected chi connectivity index (χ3v) is 9.42. The smallest absolute Gasteiger partial charge is 0.323 e. The van der Waals surface area contributed by atoms with E-state index >= 15 is 0 Å². The number of rotatable bonds is 8. The molecule has 0 saturated heterocycles. The number of anilines is 2. The summed E-state index contributed by atoms with van der Waals surface area (Å²) in [6.45, 7) is 6.65. The van der Waals surface area contributed by atoms with Crippen molar-refractivity contribution < 1.29 is 29.0 Å². The lowest BCUT2D eigenvalue weighted by molar-refractivity contribution is -0.131. The first-order chi connectivity index (χ1) is 24.6. The number of urea groups is 1. The van der Waals surface area contributed by atoms with Gasteiger partial charge in [0.1, 0.15) is 5.75 Å². The second-order valence-electron chi connectivity index (χ2n) is 13.6. The quantitative estimate of drug-likeness (QED) is 0.183. The Bertz CT molecular complexity index is 1780. The number of ether oxygens (including phenoxy) is 2. The number of carbonyl (C=O) groups excluding carboxylic acids is 3. The second kappa shape index (κ2) is 17.8. The molecular weight excluding hydrogens is 644 g/mol. The lowest BCUT2D eigenvalue weighted by Gasteiger charge is -2.36. The molecule has 0 aliphatic carbocycles. The van der Waals surface area contributed by atoms with E-state index in [9.17, 15) is 19.5 Å². The number of nitrogens with zero attached hydrogens (tertiary/aromatic N) is 2. The van der Waals surface area contributed by atoms with Gasteiger partial charge in [-0.15, -0.1) is 0 Å². The van der Waals surface area contributed by atoms with E-state index in [2.05, 4.69) is 10.6 Å². The number of hydrogen-bond acceptors (Lipinski definition) is 6. The van der Waals surface area contributed by atoms with Gasteiger partial charge in [-0.25, -0.2) is 4.79 Å². The molecule has 0 fully saturated rings. The normalized spacial score (nSPS) is 19.3. The molecule has 4 amide bonds. The molecule has 0 aromatic heterocycles. The molecular formula is C41H50N4O6. The number of carbonyl (C=O) groups is 3. The summed E-state index contributed by atoms with van der Waals surface area (Å²) >= 11 is 0. The number of aliphatic hydroxyl groups excluding tert-OH is 1. The lowest BCUT2D eigenvalue weighted by atomic mass is 10.0. The van der Waals surface area contributed by atoms with Gasteiger partial charge in [0.25, 0.3) is 5.91 Å². The van der Waals surface area contributed by atoms with Crippen LogP contribution in [0.5, 0.6) is 5.75 Å². The van der Waals surface area contributed by atoms with Crippen LogP contribution in [0, 0.1) is 5.92 Å². The first-order valence-corrected chi connectivity index (χ1v) is 17.8. The first kappa shape index (κ1) is 37.3. The Morgan fingerprint density at radius 2 is 1.71 bits per heavy atom. The summed E-state index contributed by atoms with van der Waals surface area (Å²) in [4.78, 5) is 44.2. The average Bonchev–Trinajstić information content (AvgIpc) is 3.13. The number of hydrogen-bond donors (Lipinski definition) is 3. The molecule has 10 nitrogen and oxygen atoms in total. The number of fused-ring (bicyclic) bond motifs is 2. The maximum Gasteiger partial charge on any atom is 0.323 e. The van der Waals surface area contributed by atoms with Gasteiger partial charge in [-0.3, -0.25) is 9.59 Å². The van der Waals surface area contributed by atoms with E-state index in [0.29, 0.717) is 30.3 Å². The number of likely N-dealkylation sites (N-methyl/N-ethyl adjacent to an activating group) is 1. The molecule has 4 aromatic carbocycles. The van der Waals surface area contributed by atoms with Crippen LogP contribution < -0.4 is 15.4 Å². The summed E-state index contributed by atoms with van der Waals surface area (Å²) in [6.07, 6.45) is 2.17. The Morgan fingerprint density at radius 1 is 0.961 bits per heavy atom. The van der Waals surface area contributed by atoms with Gasteiger partial charge in [0, 0.05) is 43.7 Å². The minimum Gasteiger partial charge on any atom is -0.490 e. The van der Waals surface area contributed by atoms with E-state index in [4.69, 9.17) is 9.47 Å². The van der Waals surface area contributed by atoms with Gasteiger partial charge in [0.2, 0.25) is 5.91 Å². The van der Waals surface area contributed by atoms with Gasteiger partial charge < -0.3 is 35.0 Å². The van der Waals surface area contributed by atoms with Gasteiger partial charge in [-0.05, 0) is 68.3 Å². The fraction of sp³-hybridized carbons (Fsp3) is 0.390. The molecule has 10 heteroatoms. The highest BCUT2D eigenvalue weighted by molar-refractivity contribution is 6.07. The topological polar surface area (TPSA) is 120 Å². The lowest BCUT2D eigenvalue weighted by Crippen LogP contribution is -2.48. The molecule has 1 aliphatic rings. The zero-order valence-electron chi connectivity index (χ0n) is 30.0. The molecule has 0 bridgehead atoms. The molecule has 1 heterocycles. The number of benzene rings is 4. The molecule has 3 N–H and O–H groups in total. The Balaban J connectivity index is 1.38. The molecule has 5 rings (SSSR count). The van der Waals surface area contributed by atoms with Crippen LogP contribution in [0.3, 0.4) is 0 Å². The highest BCUT2D eigenvalue weighted by atomic mass is 16.5. The molecule has 0 unspecified atom stereocenters. The molecule has 4 aromatic rings. The van der Waals surface area contributed by atoms with Crippen molar-refractivity contribution in [1.82, 2.24) is 9.80 Å². The Kier molecular flexibility index (Phi) is 13.0. The van der Waals surface area contributed by atoms with Gasteiger partial charge in [0.15, 0.2) is 0 Å². The number of amides is 4. The van der Waals surface area contributed by atoms with Crippen LogP contribution in [0.2, 0.25) is 0 Å². The van der Waals surface area contributed by atoms with Crippen molar-refractivity contribution in [3.8, 4) is 5.75 Å². The van der Waals surface area contributed by atoms with Gasteiger partial charge in [-0.2, -0.15) is 0 Å². The van der Waals surface area contributed by atoms with Crippen molar-refractivity contribution >= 4 is 40.0 Å². The Labute approximate surface area is 300 Å². The summed E-state index contributed by atoms with van der Waals surface area (Å²) in [7, 11) is 1.78. The largest absolute Gasteiger partial charge is 0.490 e. The van der Waals surface area contributed by atoms with Crippen molar-refractivity contribution in [3.05, 3.63) is 102 Å². The van der Waals surface area contributed by atoms with Crippen LogP contribution in [0.25, 0.3) is 10.8 Å².